The highest BCUT2D eigenvalue weighted by atomic mass is 19.1. The summed E-state index contributed by atoms with van der Waals surface area (Å²) in [4.78, 5) is 0. The van der Waals surface area contributed by atoms with E-state index in [2.05, 4.69) is 0 Å². The van der Waals surface area contributed by atoms with Gasteiger partial charge in [0.2, 0.25) is 0 Å². The molecule has 68 valence electrons. The van der Waals surface area contributed by atoms with E-state index in [1.54, 1.807) is 0 Å². The Morgan fingerprint density at radius 1 is 1.62 bits per heavy atom. The number of ether oxygens (including phenoxy) is 1. The maximum absolute atomic E-state index is 12.9. The molecule has 1 aromatic rings. The van der Waals surface area contributed by atoms with E-state index in [1.807, 2.05) is 6.07 Å². The van der Waals surface area contributed by atoms with Crippen molar-refractivity contribution in [3.05, 3.63) is 29.1 Å². The monoisotopic (exact) mass is 180 g/mol. The normalized spacial score (nSPS) is 9.62. The van der Waals surface area contributed by atoms with Crippen molar-refractivity contribution in [3.8, 4) is 6.07 Å². The fraction of sp³-hybridized carbons (Fsp3) is 0.222. The Bertz CT molecular complexity index is 357. The van der Waals surface area contributed by atoms with Crippen molar-refractivity contribution in [2.45, 2.75) is 6.61 Å². The molecule has 0 fully saturated rings. The molecule has 0 heterocycles. The van der Waals surface area contributed by atoms with Crippen LogP contribution >= 0.6 is 0 Å². The van der Waals surface area contributed by atoms with Crippen molar-refractivity contribution >= 4 is 5.69 Å². The van der Waals surface area contributed by atoms with Crippen LogP contribution in [0.5, 0.6) is 0 Å². The van der Waals surface area contributed by atoms with Gasteiger partial charge in [0.05, 0.1) is 17.9 Å². The third kappa shape index (κ3) is 1.95. The van der Waals surface area contributed by atoms with Gasteiger partial charge in [-0.3, -0.25) is 0 Å². The largest absolute Gasteiger partial charge is 0.397 e. The average molecular weight is 180 g/mol. The molecule has 2 N–H and O–H groups in total. The topological polar surface area (TPSA) is 59.0 Å². The zero-order valence-electron chi connectivity index (χ0n) is 7.17. The molecule has 0 spiro atoms. The standard InChI is InChI=1S/C9H9FN2O/c1-13-5-7-3-8(10)2-6(4-11)9(7)12/h2-3H,5,12H2,1H3. The van der Waals surface area contributed by atoms with Crippen LogP contribution in [0.15, 0.2) is 12.1 Å². The highest BCUT2D eigenvalue weighted by Crippen LogP contribution is 2.19. The lowest BCUT2D eigenvalue weighted by atomic mass is 10.1. The van der Waals surface area contributed by atoms with Crippen molar-refractivity contribution in [1.29, 1.82) is 5.26 Å². The van der Waals surface area contributed by atoms with E-state index in [0.717, 1.165) is 6.07 Å². The number of methoxy groups -OCH3 is 1. The average Bonchev–Trinajstić information content (AvgIpc) is 2.11. The molecule has 0 atom stereocenters. The maximum atomic E-state index is 12.9. The molecule has 0 aliphatic heterocycles. The molecule has 0 aliphatic carbocycles. The van der Waals surface area contributed by atoms with Crippen molar-refractivity contribution < 1.29 is 9.13 Å². The first kappa shape index (κ1) is 9.49. The summed E-state index contributed by atoms with van der Waals surface area (Å²) in [5.41, 5.74) is 6.51. The summed E-state index contributed by atoms with van der Waals surface area (Å²) in [5.74, 6) is -0.474. The summed E-state index contributed by atoms with van der Waals surface area (Å²) in [6.45, 7) is 0.207. The van der Waals surface area contributed by atoms with Gasteiger partial charge in [0.15, 0.2) is 0 Å². The van der Waals surface area contributed by atoms with Gasteiger partial charge in [-0.05, 0) is 12.1 Å². The maximum Gasteiger partial charge on any atom is 0.125 e. The molecule has 0 amide bonds. The molecule has 1 aromatic carbocycles. The summed E-state index contributed by atoms with van der Waals surface area (Å²) >= 11 is 0. The predicted molar refractivity (Wildman–Crippen MR) is 46.2 cm³/mol. The smallest absolute Gasteiger partial charge is 0.125 e. The van der Waals surface area contributed by atoms with Crippen LogP contribution < -0.4 is 5.73 Å². The summed E-state index contributed by atoms with van der Waals surface area (Å²) in [5, 5.41) is 8.60. The molecule has 0 unspecified atom stereocenters. The molecule has 4 heteroatoms. The van der Waals surface area contributed by atoms with Crippen LogP contribution in [0.1, 0.15) is 11.1 Å². The second-order valence-corrected chi connectivity index (χ2v) is 2.57. The predicted octanol–water partition coefficient (Wildman–Crippen LogP) is 1.43. The Morgan fingerprint density at radius 3 is 2.85 bits per heavy atom. The van der Waals surface area contributed by atoms with Crippen molar-refractivity contribution in [3.63, 3.8) is 0 Å². The Morgan fingerprint density at radius 2 is 2.31 bits per heavy atom. The number of nitrogen functional groups attached to an aromatic ring is 1. The van der Waals surface area contributed by atoms with Gasteiger partial charge in [-0.15, -0.1) is 0 Å². The van der Waals surface area contributed by atoms with E-state index in [1.165, 1.54) is 13.2 Å². The highest BCUT2D eigenvalue weighted by molar-refractivity contribution is 5.59. The number of hydrogen-bond donors (Lipinski definition) is 1. The lowest BCUT2D eigenvalue weighted by Crippen LogP contribution is -2.00. The first-order valence-electron chi connectivity index (χ1n) is 3.66. The van der Waals surface area contributed by atoms with Gasteiger partial charge < -0.3 is 10.5 Å². The SMILES string of the molecule is COCc1cc(F)cc(C#N)c1N. The number of benzene rings is 1. The first-order valence-corrected chi connectivity index (χ1v) is 3.66. The molecule has 0 saturated heterocycles. The van der Waals surface area contributed by atoms with Gasteiger partial charge in [0, 0.05) is 12.7 Å². The molecule has 0 bridgehead atoms. The molecule has 3 nitrogen and oxygen atoms in total. The molecule has 0 aromatic heterocycles. The van der Waals surface area contributed by atoms with Crippen LogP contribution in [0.25, 0.3) is 0 Å². The second kappa shape index (κ2) is 3.87. The zero-order chi connectivity index (χ0) is 9.84. The van der Waals surface area contributed by atoms with Crippen molar-refractivity contribution in [1.82, 2.24) is 0 Å². The number of nitrogens with zero attached hydrogens (tertiary/aromatic N) is 1. The van der Waals surface area contributed by atoms with Gasteiger partial charge >= 0.3 is 0 Å². The summed E-state index contributed by atoms with van der Waals surface area (Å²) < 4.78 is 17.7. The van der Waals surface area contributed by atoms with Crippen molar-refractivity contribution in [2.75, 3.05) is 12.8 Å². The molecular formula is C9H9FN2O. The number of rotatable bonds is 2. The van der Waals surface area contributed by atoms with Gasteiger partial charge in [-0.2, -0.15) is 5.26 Å². The number of nitriles is 1. The van der Waals surface area contributed by atoms with Gasteiger partial charge in [-0.1, -0.05) is 0 Å². The minimum atomic E-state index is -0.474. The fourth-order valence-corrected chi connectivity index (χ4v) is 1.04. The van der Waals surface area contributed by atoms with E-state index in [4.69, 9.17) is 15.7 Å². The summed E-state index contributed by atoms with van der Waals surface area (Å²) in [6, 6.07) is 4.18. The Labute approximate surface area is 75.5 Å². The minimum Gasteiger partial charge on any atom is -0.397 e. The zero-order valence-corrected chi connectivity index (χ0v) is 7.17. The Kier molecular flexibility index (Phi) is 2.83. The van der Waals surface area contributed by atoms with Gasteiger partial charge in [-0.25, -0.2) is 4.39 Å². The van der Waals surface area contributed by atoms with Crippen LogP contribution in [0.3, 0.4) is 0 Å². The summed E-state index contributed by atoms with van der Waals surface area (Å²) in [6.07, 6.45) is 0. The Hall–Kier alpha value is -1.60. The highest BCUT2D eigenvalue weighted by Gasteiger charge is 2.07. The first-order chi connectivity index (χ1) is 6.19. The van der Waals surface area contributed by atoms with Crippen LogP contribution in [0.4, 0.5) is 10.1 Å². The number of nitrogens with two attached hydrogens (primary N) is 1. The number of anilines is 1. The van der Waals surface area contributed by atoms with Gasteiger partial charge in [0.1, 0.15) is 11.9 Å². The van der Waals surface area contributed by atoms with Crippen LogP contribution in [-0.4, -0.2) is 7.11 Å². The third-order valence-electron chi connectivity index (χ3n) is 1.65. The van der Waals surface area contributed by atoms with E-state index in [9.17, 15) is 4.39 Å². The number of hydrogen-bond acceptors (Lipinski definition) is 3. The molecule has 0 saturated carbocycles. The van der Waals surface area contributed by atoms with Crippen LogP contribution in [-0.2, 0) is 11.3 Å². The molecule has 0 aliphatic rings. The lowest BCUT2D eigenvalue weighted by molar-refractivity contribution is 0.185. The quantitative estimate of drug-likeness (QED) is 0.700. The van der Waals surface area contributed by atoms with E-state index < -0.39 is 5.82 Å². The Balaban J connectivity index is 3.21. The third-order valence-corrected chi connectivity index (χ3v) is 1.65. The fourth-order valence-electron chi connectivity index (χ4n) is 1.04. The van der Waals surface area contributed by atoms with Crippen molar-refractivity contribution in [2.24, 2.45) is 0 Å². The second-order valence-electron chi connectivity index (χ2n) is 2.57. The molecular weight excluding hydrogens is 171 g/mol. The molecule has 0 radical (unpaired) electrons. The summed E-state index contributed by atoms with van der Waals surface area (Å²) in [7, 11) is 1.48. The van der Waals surface area contributed by atoms with E-state index in [0.29, 0.717) is 5.56 Å². The van der Waals surface area contributed by atoms with E-state index in [-0.39, 0.29) is 17.9 Å². The van der Waals surface area contributed by atoms with Gasteiger partial charge in [0.25, 0.3) is 0 Å². The lowest BCUT2D eigenvalue weighted by Gasteiger charge is -2.05. The van der Waals surface area contributed by atoms with Crippen LogP contribution in [0, 0.1) is 17.1 Å². The molecule has 13 heavy (non-hydrogen) atoms. The molecule has 1 rings (SSSR count). The van der Waals surface area contributed by atoms with Crippen LogP contribution in [0.2, 0.25) is 0 Å². The minimum absolute atomic E-state index is 0.145. The van der Waals surface area contributed by atoms with E-state index >= 15 is 0 Å². The number of halogens is 1.